The first kappa shape index (κ1) is 13.3. The maximum absolute atomic E-state index is 11.3. The van der Waals surface area contributed by atoms with E-state index in [4.69, 9.17) is 0 Å². The monoisotopic (exact) mass is 258 g/mol. The highest BCUT2D eigenvalue weighted by molar-refractivity contribution is 6.12. The molecule has 0 spiro atoms. The van der Waals surface area contributed by atoms with E-state index in [0.717, 1.165) is 19.4 Å². The van der Waals surface area contributed by atoms with Crippen LogP contribution in [0.25, 0.3) is 0 Å². The number of amides is 2. The van der Waals surface area contributed by atoms with Crippen LogP contribution in [0.4, 0.5) is 5.69 Å². The number of para-hydroxylation sites is 1. The maximum atomic E-state index is 11.3. The van der Waals surface area contributed by atoms with E-state index in [2.05, 4.69) is 17.0 Å². The summed E-state index contributed by atoms with van der Waals surface area (Å²) in [7, 11) is 2.04. The van der Waals surface area contributed by atoms with Crippen LogP contribution in [0.3, 0.4) is 0 Å². The number of carbonyl (C=O) groups is 2. The third-order valence-corrected chi connectivity index (χ3v) is 3.22. The highest BCUT2D eigenvalue weighted by Crippen LogP contribution is 2.12. The van der Waals surface area contributed by atoms with Crippen LogP contribution in [0.15, 0.2) is 42.5 Å². The molecule has 0 atom stereocenters. The summed E-state index contributed by atoms with van der Waals surface area (Å²) in [5.41, 5.74) is 1.18. The molecule has 0 unspecified atom stereocenters. The summed E-state index contributed by atoms with van der Waals surface area (Å²) in [4.78, 5) is 26.2. The SMILES string of the molecule is CN(CCCCN1C(=O)C=CC1=O)c1ccccc1. The smallest absolute Gasteiger partial charge is 0.253 e. The van der Waals surface area contributed by atoms with Crippen LogP contribution in [0.1, 0.15) is 12.8 Å². The van der Waals surface area contributed by atoms with E-state index < -0.39 is 0 Å². The molecule has 4 heteroatoms. The zero-order valence-electron chi connectivity index (χ0n) is 11.1. The molecule has 1 aliphatic heterocycles. The molecule has 100 valence electrons. The van der Waals surface area contributed by atoms with E-state index in [9.17, 15) is 9.59 Å². The predicted molar refractivity (Wildman–Crippen MR) is 74.8 cm³/mol. The fourth-order valence-electron chi connectivity index (χ4n) is 2.08. The summed E-state index contributed by atoms with van der Waals surface area (Å²) in [6.45, 7) is 1.42. The van der Waals surface area contributed by atoms with Crippen molar-refractivity contribution in [3.63, 3.8) is 0 Å². The van der Waals surface area contributed by atoms with Crippen LogP contribution in [0, 0.1) is 0 Å². The molecule has 1 aromatic rings. The van der Waals surface area contributed by atoms with Crippen molar-refractivity contribution in [1.29, 1.82) is 0 Å². The van der Waals surface area contributed by atoms with Crippen molar-refractivity contribution in [2.45, 2.75) is 12.8 Å². The topological polar surface area (TPSA) is 40.6 Å². The third-order valence-electron chi connectivity index (χ3n) is 3.22. The zero-order chi connectivity index (χ0) is 13.7. The molecule has 2 amide bonds. The lowest BCUT2D eigenvalue weighted by atomic mass is 10.2. The number of hydrogen-bond donors (Lipinski definition) is 0. The van der Waals surface area contributed by atoms with Crippen LogP contribution in [0.5, 0.6) is 0 Å². The Morgan fingerprint density at radius 1 is 1.00 bits per heavy atom. The normalized spacial score (nSPS) is 14.3. The van der Waals surface area contributed by atoms with Gasteiger partial charge in [-0.1, -0.05) is 18.2 Å². The third kappa shape index (κ3) is 3.44. The Balaban J connectivity index is 1.70. The molecule has 0 N–H and O–H groups in total. The van der Waals surface area contributed by atoms with Crippen molar-refractivity contribution in [1.82, 2.24) is 4.90 Å². The average molecular weight is 258 g/mol. The second-order valence-corrected chi connectivity index (χ2v) is 4.63. The van der Waals surface area contributed by atoms with E-state index in [0.29, 0.717) is 6.54 Å². The number of hydrogen-bond acceptors (Lipinski definition) is 3. The van der Waals surface area contributed by atoms with Crippen molar-refractivity contribution in [3.8, 4) is 0 Å². The minimum absolute atomic E-state index is 0.193. The minimum Gasteiger partial charge on any atom is -0.375 e. The van der Waals surface area contributed by atoms with Gasteiger partial charge < -0.3 is 4.90 Å². The Labute approximate surface area is 113 Å². The molecule has 0 bridgehead atoms. The number of benzene rings is 1. The fraction of sp³-hybridized carbons (Fsp3) is 0.333. The van der Waals surface area contributed by atoms with E-state index in [-0.39, 0.29) is 11.8 Å². The fourth-order valence-corrected chi connectivity index (χ4v) is 2.08. The van der Waals surface area contributed by atoms with Crippen molar-refractivity contribution in [2.75, 3.05) is 25.0 Å². The Kier molecular flexibility index (Phi) is 4.34. The number of unbranched alkanes of at least 4 members (excludes halogenated alkanes) is 1. The van der Waals surface area contributed by atoms with Crippen molar-refractivity contribution in [3.05, 3.63) is 42.5 Å². The maximum Gasteiger partial charge on any atom is 0.253 e. The van der Waals surface area contributed by atoms with Gasteiger partial charge in [-0.05, 0) is 25.0 Å². The first-order valence-corrected chi connectivity index (χ1v) is 6.48. The van der Waals surface area contributed by atoms with Crippen molar-refractivity contribution >= 4 is 17.5 Å². The molecule has 4 nitrogen and oxygen atoms in total. The number of rotatable bonds is 6. The first-order chi connectivity index (χ1) is 9.18. The predicted octanol–water partition coefficient (Wildman–Crippen LogP) is 1.83. The van der Waals surface area contributed by atoms with Crippen LogP contribution >= 0.6 is 0 Å². The van der Waals surface area contributed by atoms with Crippen molar-refractivity contribution < 1.29 is 9.59 Å². The van der Waals surface area contributed by atoms with Gasteiger partial charge in [0, 0.05) is 38.0 Å². The molecule has 0 saturated carbocycles. The summed E-state index contributed by atoms with van der Waals surface area (Å²) in [5.74, 6) is -0.386. The highest BCUT2D eigenvalue weighted by atomic mass is 16.2. The number of imide groups is 1. The molecular formula is C15H18N2O2. The van der Waals surface area contributed by atoms with Gasteiger partial charge in [0.1, 0.15) is 0 Å². The summed E-state index contributed by atoms with van der Waals surface area (Å²) in [6.07, 6.45) is 4.44. The largest absolute Gasteiger partial charge is 0.375 e. The number of carbonyl (C=O) groups excluding carboxylic acids is 2. The Bertz CT molecular complexity index is 464. The molecule has 0 saturated heterocycles. The molecule has 0 aromatic heterocycles. The van der Waals surface area contributed by atoms with E-state index in [1.165, 1.54) is 22.7 Å². The van der Waals surface area contributed by atoms with Gasteiger partial charge in [-0.25, -0.2) is 0 Å². The Hall–Kier alpha value is -2.10. The zero-order valence-corrected chi connectivity index (χ0v) is 11.1. The molecule has 1 aromatic carbocycles. The van der Waals surface area contributed by atoms with E-state index >= 15 is 0 Å². The summed E-state index contributed by atoms with van der Waals surface area (Å²) in [6, 6.07) is 10.2. The van der Waals surface area contributed by atoms with Gasteiger partial charge in [0.25, 0.3) is 11.8 Å². The Morgan fingerprint density at radius 2 is 1.63 bits per heavy atom. The molecule has 0 fully saturated rings. The quantitative estimate of drug-likeness (QED) is 0.577. The molecule has 0 aliphatic carbocycles. The molecule has 2 rings (SSSR count). The van der Waals surface area contributed by atoms with Gasteiger partial charge in [-0.15, -0.1) is 0 Å². The number of nitrogens with zero attached hydrogens (tertiary/aromatic N) is 2. The lowest BCUT2D eigenvalue weighted by Crippen LogP contribution is -2.31. The summed E-state index contributed by atoms with van der Waals surface area (Å²) < 4.78 is 0. The van der Waals surface area contributed by atoms with Gasteiger partial charge >= 0.3 is 0 Å². The van der Waals surface area contributed by atoms with Crippen LogP contribution in [-0.2, 0) is 9.59 Å². The Morgan fingerprint density at radius 3 is 2.26 bits per heavy atom. The van der Waals surface area contributed by atoms with Gasteiger partial charge in [-0.2, -0.15) is 0 Å². The van der Waals surface area contributed by atoms with Crippen LogP contribution in [0.2, 0.25) is 0 Å². The average Bonchev–Trinajstić information content (AvgIpc) is 2.75. The van der Waals surface area contributed by atoms with Gasteiger partial charge in [0.05, 0.1) is 0 Å². The second kappa shape index (κ2) is 6.18. The van der Waals surface area contributed by atoms with Crippen molar-refractivity contribution in [2.24, 2.45) is 0 Å². The lowest BCUT2D eigenvalue weighted by Gasteiger charge is -2.20. The second-order valence-electron chi connectivity index (χ2n) is 4.63. The molecule has 19 heavy (non-hydrogen) atoms. The van der Waals surface area contributed by atoms with E-state index in [1.807, 2.05) is 25.2 Å². The van der Waals surface area contributed by atoms with Crippen LogP contribution < -0.4 is 4.90 Å². The van der Waals surface area contributed by atoms with Gasteiger partial charge in [0.2, 0.25) is 0 Å². The molecule has 1 heterocycles. The van der Waals surface area contributed by atoms with Crippen LogP contribution in [-0.4, -0.2) is 36.9 Å². The highest BCUT2D eigenvalue weighted by Gasteiger charge is 2.22. The standard InChI is InChI=1S/C15H18N2O2/c1-16(13-7-3-2-4-8-13)11-5-6-12-17-14(18)9-10-15(17)19/h2-4,7-10H,5-6,11-12H2,1H3. The molecule has 1 aliphatic rings. The molecule has 0 radical (unpaired) electrons. The minimum atomic E-state index is -0.193. The lowest BCUT2D eigenvalue weighted by molar-refractivity contribution is -0.136. The number of anilines is 1. The van der Waals surface area contributed by atoms with Gasteiger partial charge in [0.15, 0.2) is 0 Å². The van der Waals surface area contributed by atoms with E-state index in [1.54, 1.807) is 0 Å². The molecular weight excluding hydrogens is 240 g/mol. The van der Waals surface area contributed by atoms with Gasteiger partial charge in [-0.3, -0.25) is 14.5 Å². The summed E-state index contributed by atoms with van der Waals surface area (Å²) in [5, 5.41) is 0. The summed E-state index contributed by atoms with van der Waals surface area (Å²) >= 11 is 0. The first-order valence-electron chi connectivity index (χ1n) is 6.48.